The molecule has 0 bridgehead atoms. The zero-order chi connectivity index (χ0) is 8.97. The highest BCUT2D eigenvalue weighted by atomic mass is 32.1. The number of thiol groups is 1. The van der Waals surface area contributed by atoms with E-state index in [4.69, 9.17) is 4.74 Å². The second-order valence-electron chi connectivity index (χ2n) is 2.09. The van der Waals surface area contributed by atoms with Gasteiger partial charge in [-0.15, -0.1) is 12.6 Å². The molecule has 0 aromatic carbocycles. The maximum atomic E-state index is 11.1. The summed E-state index contributed by atoms with van der Waals surface area (Å²) in [6.07, 6.45) is 1.53. The molecule has 0 aliphatic heterocycles. The van der Waals surface area contributed by atoms with Gasteiger partial charge in [0.2, 0.25) is 0 Å². The molecular weight excluding hydrogens is 174 g/mol. The molecule has 0 unspecified atom stereocenters. The fourth-order valence-electron chi connectivity index (χ4n) is 0.754. The quantitative estimate of drug-likeness (QED) is 0.558. The average Bonchev–Trinajstić information content (AvgIpc) is 2.05. The highest BCUT2D eigenvalue weighted by Crippen LogP contribution is 2.10. The van der Waals surface area contributed by atoms with Crippen LogP contribution in [0.3, 0.4) is 0 Å². The molecule has 64 valence electrons. The van der Waals surface area contributed by atoms with Crippen molar-refractivity contribution in [3.63, 3.8) is 0 Å². The van der Waals surface area contributed by atoms with Crippen molar-refractivity contribution < 1.29 is 9.53 Å². The number of esters is 1. The number of ether oxygens (including phenoxy) is 1. The molecule has 0 spiro atoms. The van der Waals surface area contributed by atoms with Crippen LogP contribution in [0.5, 0.6) is 0 Å². The van der Waals surface area contributed by atoms with Gasteiger partial charge in [0, 0.05) is 11.1 Å². The maximum absolute atomic E-state index is 11.1. The third-order valence-corrected chi connectivity index (χ3v) is 1.62. The van der Waals surface area contributed by atoms with E-state index < -0.39 is 5.97 Å². The molecule has 0 fully saturated rings. The predicted molar refractivity (Wildman–Crippen MR) is 47.4 cm³/mol. The third kappa shape index (κ3) is 1.98. The van der Waals surface area contributed by atoms with E-state index in [-0.39, 0.29) is 5.69 Å². The lowest BCUT2D eigenvalue weighted by atomic mass is 10.3. The highest BCUT2D eigenvalue weighted by Gasteiger charge is 2.10. The van der Waals surface area contributed by atoms with Crippen molar-refractivity contribution in [1.29, 1.82) is 0 Å². The summed E-state index contributed by atoms with van der Waals surface area (Å²) >= 11 is 4.07. The lowest BCUT2D eigenvalue weighted by molar-refractivity contribution is 0.0515. The SMILES string of the molecule is CCOC(=O)c1ncccc1S. The van der Waals surface area contributed by atoms with Gasteiger partial charge in [0.15, 0.2) is 5.69 Å². The van der Waals surface area contributed by atoms with E-state index in [2.05, 4.69) is 17.6 Å². The second-order valence-corrected chi connectivity index (χ2v) is 2.57. The van der Waals surface area contributed by atoms with Crippen LogP contribution in [0.1, 0.15) is 17.4 Å². The Kier molecular flexibility index (Phi) is 3.10. The molecule has 1 rings (SSSR count). The van der Waals surface area contributed by atoms with Crippen molar-refractivity contribution in [2.75, 3.05) is 6.61 Å². The van der Waals surface area contributed by atoms with E-state index in [0.717, 1.165) is 0 Å². The van der Waals surface area contributed by atoms with Crippen LogP contribution < -0.4 is 0 Å². The van der Waals surface area contributed by atoms with Crippen molar-refractivity contribution in [3.8, 4) is 0 Å². The Labute approximate surface area is 76.2 Å². The van der Waals surface area contributed by atoms with Crippen LogP contribution in [0, 0.1) is 0 Å². The van der Waals surface area contributed by atoms with Gasteiger partial charge in [0.1, 0.15) is 0 Å². The number of hydrogen-bond donors (Lipinski definition) is 1. The number of carbonyl (C=O) groups is 1. The molecule has 0 radical (unpaired) electrons. The summed E-state index contributed by atoms with van der Waals surface area (Å²) in [5.41, 5.74) is 0.266. The van der Waals surface area contributed by atoms with Gasteiger partial charge in [-0.25, -0.2) is 9.78 Å². The minimum atomic E-state index is -0.428. The van der Waals surface area contributed by atoms with Gasteiger partial charge in [-0.1, -0.05) is 0 Å². The molecule has 0 saturated carbocycles. The van der Waals surface area contributed by atoms with E-state index in [1.807, 2.05) is 0 Å². The van der Waals surface area contributed by atoms with E-state index in [9.17, 15) is 4.79 Å². The molecule has 0 saturated heterocycles. The van der Waals surface area contributed by atoms with Crippen molar-refractivity contribution >= 4 is 18.6 Å². The standard InChI is InChI=1S/C8H9NO2S/c1-2-11-8(10)7-6(12)4-3-5-9-7/h3-5,12H,2H2,1H3. The van der Waals surface area contributed by atoms with Crippen LogP contribution in [0.15, 0.2) is 23.2 Å². The van der Waals surface area contributed by atoms with Gasteiger partial charge >= 0.3 is 5.97 Å². The molecule has 0 aliphatic carbocycles. The Balaban J connectivity index is 2.87. The molecule has 1 aromatic heterocycles. The number of nitrogens with zero attached hydrogens (tertiary/aromatic N) is 1. The lowest BCUT2D eigenvalue weighted by Crippen LogP contribution is -2.07. The second kappa shape index (κ2) is 4.11. The summed E-state index contributed by atoms with van der Waals surface area (Å²) < 4.78 is 4.76. The summed E-state index contributed by atoms with van der Waals surface area (Å²) in [5.74, 6) is -0.428. The highest BCUT2D eigenvalue weighted by molar-refractivity contribution is 7.80. The van der Waals surface area contributed by atoms with Crippen molar-refractivity contribution in [1.82, 2.24) is 4.98 Å². The van der Waals surface area contributed by atoms with Crippen LogP contribution in [0.25, 0.3) is 0 Å². The van der Waals surface area contributed by atoms with Gasteiger partial charge in [0.05, 0.1) is 6.61 Å². The molecule has 4 heteroatoms. The summed E-state index contributed by atoms with van der Waals surface area (Å²) in [6, 6.07) is 3.41. The molecule has 0 N–H and O–H groups in total. The van der Waals surface area contributed by atoms with Crippen LogP contribution in [-0.2, 0) is 4.74 Å². The minimum absolute atomic E-state index is 0.266. The molecule has 1 heterocycles. The molecule has 1 aromatic rings. The van der Waals surface area contributed by atoms with Gasteiger partial charge in [0.25, 0.3) is 0 Å². The van der Waals surface area contributed by atoms with E-state index in [1.165, 1.54) is 6.20 Å². The topological polar surface area (TPSA) is 39.2 Å². The predicted octanol–water partition coefficient (Wildman–Crippen LogP) is 1.55. The van der Waals surface area contributed by atoms with Gasteiger partial charge < -0.3 is 4.74 Å². The van der Waals surface area contributed by atoms with Crippen molar-refractivity contribution in [2.24, 2.45) is 0 Å². The Morgan fingerprint density at radius 2 is 2.50 bits per heavy atom. The van der Waals surface area contributed by atoms with Crippen LogP contribution in [-0.4, -0.2) is 17.6 Å². The minimum Gasteiger partial charge on any atom is -0.461 e. The molecule has 0 atom stereocenters. The Morgan fingerprint density at radius 1 is 1.75 bits per heavy atom. The Bertz CT molecular complexity index is 288. The lowest BCUT2D eigenvalue weighted by Gasteiger charge is -2.01. The third-order valence-electron chi connectivity index (χ3n) is 1.26. The number of pyridine rings is 1. The Hall–Kier alpha value is -1.03. The number of hydrogen-bond acceptors (Lipinski definition) is 4. The maximum Gasteiger partial charge on any atom is 0.358 e. The van der Waals surface area contributed by atoms with Gasteiger partial charge in [-0.3, -0.25) is 0 Å². The number of carbonyl (C=O) groups excluding carboxylic acids is 1. The van der Waals surface area contributed by atoms with Crippen LogP contribution in [0.4, 0.5) is 0 Å². The summed E-state index contributed by atoms with van der Waals surface area (Å²) in [5, 5.41) is 0. The molecule has 12 heavy (non-hydrogen) atoms. The first-order chi connectivity index (χ1) is 5.75. The molecule has 3 nitrogen and oxygen atoms in total. The van der Waals surface area contributed by atoms with Crippen LogP contribution in [0.2, 0.25) is 0 Å². The number of rotatable bonds is 2. The van der Waals surface area contributed by atoms with Crippen molar-refractivity contribution in [2.45, 2.75) is 11.8 Å². The average molecular weight is 183 g/mol. The monoisotopic (exact) mass is 183 g/mol. The first-order valence-electron chi connectivity index (χ1n) is 3.56. The largest absolute Gasteiger partial charge is 0.461 e. The zero-order valence-electron chi connectivity index (χ0n) is 6.65. The van der Waals surface area contributed by atoms with E-state index in [0.29, 0.717) is 11.5 Å². The van der Waals surface area contributed by atoms with E-state index in [1.54, 1.807) is 19.1 Å². The molecule has 0 aliphatic rings. The van der Waals surface area contributed by atoms with E-state index >= 15 is 0 Å². The summed E-state index contributed by atoms with van der Waals surface area (Å²) in [7, 11) is 0. The Morgan fingerprint density at radius 3 is 3.08 bits per heavy atom. The first kappa shape index (κ1) is 9.06. The fraction of sp³-hybridized carbons (Fsp3) is 0.250. The normalized spacial score (nSPS) is 9.50. The molecular formula is C8H9NO2S. The summed E-state index contributed by atoms with van der Waals surface area (Å²) in [6.45, 7) is 2.10. The smallest absolute Gasteiger partial charge is 0.358 e. The van der Waals surface area contributed by atoms with Gasteiger partial charge in [-0.05, 0) is 19.1 Å². The molecule has 0 amide bonds. The van der Waals surface area contributed by atoms with Gasteiger partial charge in [-0.2, -0.15) is 0 Å². The summed E-state index contributed by atoms with van der Waals surface area (Å²) in [4.78, 5) is 15.5. The van der Waals surface area contributed by atoms with Crippen molar-refractivity contribution in [3.05, 3.63) is 24.0 Å². The van der Waals surface area contributed by atoms with Crippen LogP contribution >= 0.6 is 12.6 Å². The number of aromatic nitrogens is 1. The fourth-order valence-corrected chi connectivity index (χ4v) is 0.989. The zero-order valence-corrected chi connectivity index (χ0v) is 7.54. The first-order valence-corrected chi connectivity index (χ1v) is 4.01.